The maximum Gasteiger partial charge on any atom is 0.252 e. The lowest BCUT2D eigenvalue weighted by Gasteiger charge is -2.38. The molecule has 0 fully saturated rings. The average molecular weight is 293 g/mol. The third-order valence-corrected chi connectivity index (χ3v) is 8.17. The molecule has 0 heterocycles. The highest BCUT2D eigenvalue weighted by Gasteiger charge is 2.40. The Morgan fingerprint density at radius 3 is 2.15 bits per heavy atom. The van der Waals surface area contributed by atoms with E-state index in [0.29, 0.717) is 0 Å². The van der Waals surface area contributed by atoms with Gasteiger partial charge in [-0.05, 0) is 23.7 Å². The number of hydroxylamine groups is 2. The molecule has 0 bridgehead atoms. The molecule has 0 amide bonds. The molecule has 1 rings (SSSR count). The van der Waals surface area contributed by atoms with Crippen molar-refractivity contribution in [1.29, 1.82) is 0 Å². The SMILES string of the molecule is CON(C)/C(=C/c1ccccc1)O[Si](C)(C)C(C)(C)C. The number of rotatable bonds is 5. The predicted molar refractivity (Wildman–Crippen MR) is 87.5 cm³/mol. The number of hydrogen-bond donors (Lipinski definition) is 0. The first-order chi connectivity index (χ1) is 9.17. The molecule has 0 aromatic heterocycles. The minimum absolute atomic E-state index is 0.150. The van der Waals surface area contributed by atoms with E-state index in [9.17, 15) is 0 Å². The van der Waals surface area contributed by atoms with Crippen LogP contribution in [0.5, 0.6) is 0 Å². The van der Waals surface area contributed by atoms with Crippen LogP contribution in [0.15, 0.2) is 36.2 Å². The van der Waals surface area contributed by atoms with Crippen molar-refractivity contribution in [1.82, 2.24) is 5.06 Å². The van der Waals surface area contributed by atoms with Crippen molar-refractivity contribution in [3.8, 4) is 0 Å². The Kier molecular flexibility index (Phi) is 5.42. The van der Waals surface area contributed by atoms with Gasteiger partial charge in [-0.1, -0.05) is 51.1 Å². The molecule has 0 saturated heterocycles. The van der Waals surface area contributed by atoms with Crippen LogP contribution in [0.4, 0.5) is 0 Å². The summed E-state index contributed by atoms with van der Waals surface area (Å²) < 4.78 is 6.36. The van der Waals surface area contributed by atoms with Gasteiger partial charge in [-0.15, -0.1) is 0 Å². The van der Waals surface area contributed by atoms with Crippen LogP contribution in [0, 0.1) is 0 Å². The largest absolute Gasteiger partial charge is 0.531 e. The Hall–Kier alpha value is -1.26. The zero-order valence-electron chi connectivity index (χ0n) is 13.7. The first-order valence-corrected chi connectivity index (χ1v) is 9.82. The number of benzene rings is 1. The smallest absolute Gasteiger partial charge is 0.252 e. The third kappa shape index (κ3) is 4.39. The van der Waals surface area contributed by atoms with Crippen LogP contribution >= 0.6 is 0 Å². The minimum Gasteiger partial charge on any atom is -0.531 e. The second-order valence-electron chi connectivity index (χ2n) is 6.44. The molecule has 0 saturated carbocycles. The van der Waals surface area contributed by atoms with Crippen LogP contribution < -0.4 is 0 Å². The van der Waals surface area contributed by atoms with Gasteiger partial charge in [0.25, 0.3) is 8.32 Å². The Morgan fingerprint density at radius 1 is 1.15 bits per heavy atom. The van der Waals surface area contributed by atoms with Gasteiger partial charge in [0.1, 0.15) is 0 Å². The summed E-state index contributed by atoms with van der Waals surface area (Å²) in [6, 6.07) is 10.1. The molecule has 3 nitrogen and oxygen atoms in total. The van der Waals surface area contributed by atoms with Gasteiger partial charge in [0, 0.05) is 13.1 Å². The molecule has 0 spiro atoms. The van der Waals surface area contributed by atoms with Crippen molar-refractivity contribution >= 4 is 14.4 Å². The number of nitrogens with zero attached hydrogens (tertiary/aromatic N) is 1. The van der Waals surface area contributed by atoms with Gasteiger partial charge in [0.15, 0.2) is 5.88 Å². The quantitative estimate of drug-likeness (QED) is 0.453. The summed E-state index contributed by atoms with van der Waals surface area (Å²) in [5.74, 6) is 0.755. The summed E-state index contributed by atoms with van der Waals surface area (Å²) in [5, 5.41) is 1.82. The van der Waals surface area contributed by atoms with Gasteiger partial charge in [-0.3, -0.25) is 4.84 Å². The fraction of sp³-hybridized carbons (Fsp3) is 0.500. The van der Waals surface area contributed by atoms with Gasteiger partial charge in [0.05, 0.1) is 7.11 Å². The third-order valence-electron chi connectivity index (χ3n) is 3.84. The second kappa shape index (κ2) is 6.46. The molecular formula is C16H27NO2Si. The highest BCUT2D eigenvalue weighted by molar-refractivity contribution is 6.74. The van der Waals surface area contributed by atoms with Crippen molar-refractivity contribution < 1.29 is 9.26 Å². The molecule has 0 radical (unpaired) electrons. The van der Waals surface area contributed by atoms with E-state index in [1.54, 1.807) is 12.2 Å². The number of hydrogen-bond acceptors (Lipinski definition) is 3. The lowest BCUT2D eigenvalue weighted by molar-refractivity contribution is -0.105. The van der Waals surface area contributed by atoms with Crippen LogP contribution in [0.3, 0.4) is 0 Å². The van der Waals surface area contributed by atoms with Gasteiger partial charge >= 0.3 is 0 Å². The highest BCUT2D eigenvalue weighted by Crippen LogP contribution is 2.38. The lowest BCUT2D eigenvalue weighted by Crippen LogP contribution is -2.42. The zero-order chi connectivity index (χ0) is 15.4. The van der Waals surface area contributed by atoms with Crippen molar-refractivity contribution in [3.05, 3.63) is 41.8 Å². The fourth-order valence-electron chi connectivity index (χ4n) is 1.38. The van der Waals surface area contributed by atoms with E-state index in [-0.39, 0.29) is 5.04 Å². The van der Waals surface area contributed by atoms with Crippen LogP contribution in [0.1, 0.15) is 26.3 Å². The second-order valence-corrected chi connectivity index (χ2v) is 11.2. The molecule has 0 N–H and O–H groups in total. The van der Waals surface area contributed by atoms with E-state index in [4.69, 9.17) is 9.26 Å². The molecule has 0 atom stereocenters. The Morgan fingerprint density at radius 2 is 1.70 bits per heavy atom. The Balaban J connectivity index is 3.06. The molecule has 112 valence electrons. The zero-order valence-corrected chi connectivity index (χ0v) is 14.7. The lowest BCUT2D eigenvalue weighted by atomic mass is 10.2. The summed E-state index contributed by atoms with van der Waals surface area (Å²) in [5.41, 5.74) is 1.10. The van der Waals surface area contributed by atoms with E-state index in [2.05, 4.69) is 46.0 Å². The van der Waals surface area contributed by atoms with Crippen LogP contribution in [-0.2, 0) is 9.26 Å². The Bertz CT molecular complexity index is 449. The summed E-state index contributed by atoms with van der Waals surface area (Å²) >= 11 is 0. The van der Waals surface area contributed by atoms with Crippen molar-refractivity contribution in [2.45, 2.75) is 38.9 Å². The van der Waals surface area contributed by atoms with Gasteiger partial charge in [-0.2, -0.15) is 0 Å². The monoisotopic (exact) mass is 293 g/mol. The highest BCUT2D eigenvalue weighted by atomic mass is 28.4. The molecule has 0 aliphatic carbocycles. The van der Waals surface area contributed by atoms with Crippen LogP contribution in [-0.4, -0.2) is 27.5 Å². The summed E-state index contributed by atoms with van der Waals surface area (Å²) in [4.78, 5) is 5.31. The molecule has 20 heavy (non-hydrogen) atoms. The standard InChI is InChI=1S/C16H27NO2Si/c1-16(2,3)20(6,7)19-15(17(4)18-5)13-14-11-9-8-10-12-14/h8-13H,1-7H3/b15-13-. The average Bonchev–Trinajstić information content (AvgIpc) is 2.36. The fourth-order valence-corrected chi connectivity index (χ4v) is 2.40. The molecular weight excluding hydrogens is 266 g/mol. The van der Waals surface area contributed by atoms with Gasteiger partial charge < -0.3 is 4.43 Å². The molecule has 4 heteroatoms. The van der Waals surface area contributed by atoms with E-state index in [1.165, 1.54) is 0 Å². The maximum atomic E-state index is 6.36. The molecule has 0 unspecified atom stereocenters. The first-order valence-electron chi connectivity index (χ1n) is 6.91. The normalized spacial score (nSPS) is 13.2. The maximum absolute atomic E-state index is 6.36. The molecule has 1 aromatic rings. The molecule has 0 aliphatic rings. The van der Waals surface area contributed by atoms with Crippen molar-refractivity contribution in [3.63, 3.8) is 0 Å². The van der Waals surface area contributed by atoms with Gasteiger partial charge in [0.2, 0.25) is 0 Å². The van der Waals surface area contributed by atoms with E-state index in [1.807, 2.05) is 31.3 Å². The minimum atomic E-state index is -1.89. The predicted octanol–water partition coefficient (Wildman–Crippen LogP) is 4.50. The Labute approximate surface area is 124 Å². The van der Waals surface area contributed by atoms with Crippen LogP contribution in [0.2, 0.25) is 18.1 Å². The van der Waals surface area contributed by atoms with E-state index >= 15 is 0 Å². The molecule has 0 aliphatic heterocycles. The van der Waals surface area contributed by atoms with Crippen LogP contribution in [0.25, 0.3) is 6.08 Å². The van der Waals surface area contributed by atoms with E-state index in [0.717, 1.165) is 11.4 Å². The van der Waals surface area contributed by atoms with Gasteiger partial charge in [-0.25, -0.2) is 5.06 Å². The van der Waals surface area contributed by atoms with Crippen molar-refractivity contribution in [2.24, 2.45) is 0 Å². The van der Waals surface area contributed by atoms with Crippen molar-refractivity contribution in [2.75, 3.05) is 14.2 Å². The summed E-state index contributed by atoms with van der Waals surface area (Å²) in [7, 11) is 1.62. The topological polar surface area (TPSA) is 21.7 Å². The summed E-state index contributed by atoms with van der Waals surface area (Å²) in [6.45, 7) is 11.1. The van der Waals surface area contributed by atoms with E-state index < -0.39 is 8.32 Å². The first kappa shape index (κ1) is 16.8. The summed E-state index contributed by atoms with van der Waals surface area (Å²) in [6.07, 6.45) is 2.02. The molecule has 1 aromatic carbocycles.